The number of Topliss-reactive ketones (excluding diaryl/α,β-unsaturated/α-hetero) is 2. The van der Waals surface area contributed by atoms with Crippen LogP contribution in [0.1, 0.15) is 96.4 Å². The number of hydrogen-bond donors (Lipinski definition) is 5. The van der Waals surface area contributed by atoms with E-state index in [1.54, 1.807) is 62.3 Å². The second kappa shape index (κ2) is 17.2. The molecule has 0 aliphatic heterocycles. The van der Waals surface area contributed by atoms with Crippen LogP contribution in [0.4, 0.5) is 4.79 Å². The lowest BCUT2D eigenvalue weighted by atomic mass is 9.96. The fourth-order valence-electron chi connectivity index (χ4n) is 3.78. The molecule has 5 N–H and O–H groups in total. The Kier molecular flexibility index (Phi) is 15.8. The molecule has 4 amide bonds. The van der Waals surface area contributed by atoms with E-state index in [4.69, 9.17) is 4.74 Å². The Morgan fingerprint density at radius 1 is 0.705 bits per heavy atom. The highest BCUT2D eigenvalue weighted by Crippen LogP contribution is 2.14. The maximum atomic E-state index is 13.5. The maximum Gasteiger partial charge on any atom is 0.408 e. The van der Waals surface area contributed by atoms with E-state index < -0.39 is 59.4 Å². The summed E-state index contributed by atoms with van der Waals surface area (Å²) >= 11 is 0. The first-order valence-electron chi connectivity index (χ1n) is 15.3. The van der Waals surface area contributed by atoms with Gasteiger partial charge in [-0.15, -0.1) is 0 Å². The van der Waals surface area contributed by atoms with Crippen LogP contribution in [0.3, 0.4) is 0 Å². The van der Waals surface area contributed by atoms with E-state index in [-0.39, 0.29) is 41.1 Å². The molecule has 12 nitrogen and oxygen atoms in total. The standard InChI is InChI=1S/C32H57N5O7/c1-17(2)23(38)15-22(20(7)34-21(8)26(39)29(42)33-16-31(9,10)11)35-27(40)24(18(3)4)36-28(41)25(19(5)6)37-30(43)44-32(12,13)14/h17-19,21-22,24-25,34H,7,15-16H2,1-6,8-14H3,(H,33,42)(H,35,40)(H,36,41)(H,37,43)/t21?,22-,24-,25-/m0/s1. The van der Waals surface area contributed by atoms with Gasteiger partial charge in [-0.2, -0.15) is 0 Å². The number of carbonyl (C=O) groups excluding carboxylic acids is 6. The molecule has 0 bridgehead atoms. The molecule has 4 atom stereocenters. The summed E-state index contributed by atoms with van der Waals surface area (Å²) in [6.07, 6.45) is -0.887. The number of rotatable bonds is 16. The molecule has 12 heteroatoms. The van der Waals surface area contributed by atoms with Crippen molar-refractivity contribution in [2.24, 2.45) is 23.2 Å². The number of alkyl carbamates (subject to hydrolysis) is 1. The molecular weight excluding hydrogens is 566 g/mol. The maximum absolute atomic E-state index is 13.5. The van der Waals surface area contributed by atoms with E-state index in [1.807, 2.05) is 20.8 Å². The third-order valence-corrected chi connectivity index (χ3v) is 6.45. The van der Waals surface area contributed by atoms with E-state index in [9.17, 15) is 28.8 Å². The zero-order valence-corrected chi connectivity index (χ0v) is 29.0. The van der Waals surface area contributed by atoms with E-state index in [2.05, 4.69) is 33.2 Å². The van der Waals surface area contributed by atoms with Crippen LogP contribution in [-0.4, -0.2) is 71.7 Å². The quantitative estimate of drug-likeness (QED) is 0.163. The van der Waals surface area contributed by atoms with Gasteiger partial charge in [0.2, 0.25) is 17.6 Å². The third kappa shape index (κ3) is 15.3. The molecule has 252 valence electrons. The number of carbonyl (C=O) groups is 6. The van der Waals surface area contributed by atoms with E-state index >= 15 is 0 Å². The SMILES string of the molecule is C=C(NC(C)C(=O)C(=O)NCC(C)(C)C)[C@H](CC(=O)C(C)C)NC(=O)[C@@H](NC(=O)[C@@H](NC(=O)OC(C)(C)C)C(C)C)C(C)C. The topological polar surface area (TPSA) is 172 Å². The first-order chi connectivity index (χ1) is 19.9. The first kappa shape index (κ1) is 40.6. The number of hydrogen-bond acceptors (Lipinski definition) is 8. The van der Waals surface area contributed by atoms with E-state index in [1.165, 1.54) is 6.92 Å². The third-order valence-electron chi connectivity index (χ3n) is 6.45. The van der Waals surface area contributed by atoms with Gasteiger partial charge in [-0.25, -0.2) is 4.79 Å². The van der Waals surface area contributed by atoms with Crippen LogP contribution >= 0.6 is 0 Å². The summed E-state index contributed by atoms with van der Waals surface area (Å²) in [4.78, 5) is 77.0. The van der Waals surface area contributed by atoms with Gasteiger partial charge in [0.1, 0.15) is 23.5 Å². The monoisotopic (exact) mass is 623 g/mol. The summed E-state index contributed by atoms with van der Waals surface area (Å²) < 4.78 is 5.29. The van der Waals surface area contributed by atoms with Gasteiger partial charge in [-0.05, 0) is 44.9 Å². The fraction of sp³-hybridized carbons (Fsp3) is 0.750. The van der Waals surface area contributed by atoms with Crippen LogP contribution < -0.4 is 26.6 Å². The van der Waals surface area contributed by atoms with E-state index in [0.717, 1.165) is 0 Å². The molecule has 0 heterocycles. The second-order valence-electron chi connectivity index (χ2n) is 14.5. The van der Waals surface area contributed by atoms with Crippen molar-refractivity contribution in [1.29, 1.82) is 0 Å². The van der Waals surface area contributed by atoms with Gasteiger partial charge in [-0.3, -0.25) is 24.0 Å². The summed E-state index contributed by atoms with van der Waals surface area (Å²) in [5.41, 5.74) is -0.816. The lowest BCUT2D eigenvalue weighted by molar-refractivity contribution is -0.139. The molecule has 0 saturated heterocycles. The van der Waals surface area contributed by atoms with Gasteiger partial charge >= 0.3 is 6.09 Å². The van der Waals surface area contributed by atoms with Crippen LogP contribution in [0, 0.1) is 23.2 Å². The van der Waals surface area contributed by atoms with Gasteiger partial charge < -0.3 is 31.3 Å². The molecule has 0 aliphatic carbocycles. The highest BCUT2D eigenvalue weighted by atomic mass is 16.6. The van der Waals surface area contributed by atoms with Gasteiger partial charge in [-0.1, -0.05) is 68.9 Å². The fourth-order valence-corrected chi connectivity index (χ4v) is 3.78. The highest BCUT2D eigenvalue weighted by Gasteiger charge is 2.34. The highest BCUT2D eigenvalue weighted by molar-refractivity contribution is 6.38. The van der Waals surface area contributed by atoms with Crippen LogP contribution in [-0.2, 0) is 28.7 Å². The minimum Gasteiger partial charge on any atom is -0.444 e. The first-order valence-corrected chi connectivity index (χ1v) is 15.3. The van der Waals surface area contributed by atoms with Crippen LogP contribution in [0.25, 0.3) is 0 Å². The zero-order valence-electron chi connectivity index (χ0n) is 29.0. The Balaban J connectivity index is 5.85. The minimum atomic E-state index is -1.03. The molecule has 44 heavy (non-hydrogen) atoms. The number of amides is 4. The predicted molar refractivity (Wildman–Crippen MR) is 170 cm³/mol. The molecule has 0 aliphatic rings. The Hall–Kier alpha value is -3.44. The molecule has 0 saturated carbocycles. The summed E-state index contributed by atoms with van der Waals surface area (Å²) in [6, 6.07) is -3.94. The lowest BCUT2D eigenvalue weighted by Crippen LogP contribution is -2.58. The molecule has 0 radical (unpaired) electrons. The van der Waals surface area contributed by atoms with Gasteiger partial charge in [0.15, 0.2) is 0 Å². The van der Waals surface area contributed by atoms with Crippen molar-refractivity contribution in [3.8, 4) is 0 Å². The zero-order chi connectivity index (χ0) is 34.7. The average Bonchev–Trinajstić information content (AvgIpc) is 2.85. The Morgan fingerprint density at radius 3 is 1.61 bits per heavy atom. The molecule has 1 unspecified atom stereocenters. The minimum absolute atomic E-state index is 0.125. The number of nitrogens with one attached hydrogen (secondary N) is 5. The van der Waals surface area contributed by atoms with Crippen molar-refractivity contribution in [1.82, 2.24) is 26.6 Å². The lowest BCUT2D eigenvalue weighted by Gasteiger charge is -2.30. The Morgan fingerprint density at radius 2 is 1.18 bits per heavy atom. The molecule has 0 aromatic heterocycles. The van der Waals surface area contributed by atoms with Crippen molar-refractivity contribution < 1.29 is 33.5 Å². The summed E-state index contributed by atoms with van der Waals surface area (Å²) in [7, 11) is 0. The molecule has 0 fully saturated rings. The smallest absolute Gasteiger partial charge is 0.408 e. The number of ketones is 2. The molecule has 0 aromatic carbocycles. The summed E-state index contributed by atoms with van der Waals surface area (Å²) in [5, 5.41) is 13.6. The van der Waals surface area contributed by atoms with Crippen LogP contribution in [0.5, 0.6) is 0 Å². The predicted octanol–water partition coefficient (Wildman–Crippen LogP) is 3.00. The normalized spacial score (nSPS) is 14.6. The van der Waals surface area contributed by atoms with Crippen molar-refractivity contribution >= 4 is 35.4 Å². The largest absolute Gasteiger partial charge is 0.444 e. The van der Waals surface area contributed by atoms with Gasteiger partial charge in [0.05, 0.1) is 12.1 Å². The molecule has 0 spiro atoms. The van der Waals surface area contributed by atoms with Gasteiger partial charge in [0, 0.05) is 24.6 Å². The molecule has 0 rings (SSSR count). The van der Waals surface area contributed by atoms with Crippen molar-refractivity contribution in [3.05, 3.63) is 12.3 Å². The molecular formula is C32H57N5O7. The Labute approximate surface area is 263 Å². The van der Waals surface area contributed by atoms with Crippen LogP contribution in [0.15, 0.2) is 12.3 Å². The summed E-state index contributed by atoms with van der Waals surface area (Å²) in [5.74, 6) is -3.83. The molecule has 0 aromatic rings. The van der Waals surface area contributed by atoms with E-state index in [0.29, 0.717) is 6.54 Å². The van der Waals surface area contributed by atoms with Crippen molar-refractivity contribution in [2.45, 2.75) is 126 Å². The number of ether oxygens (including phenoxy) is 1. The second-order valence-corrected chi connectivity index (χ2v) is 14.5. The van der Waals surface area contributed by atoms with Gasteiger partial charge in [0.25, 0.3) is 5.91 Å². The van der Waals surface area contributed by atoms with Crippen molar-refractivity contribution in [3.63, 3.8) is 0 Å². The van der Waals surface area contributed by atoms with Crippen LogP contribution in [0.2, 0.25) is 0 Å². The summed E-state index contributed by atoms with van der Waals surface area (Å²) in [6.45, 7) is 27.1. The Bertz CT molecular complexity index is 1050. The van der Waals surface area contributed by atoms with Crippen molar-refractivity contribution in [2.75, 3.05) is 6.54 Å². The average molecular weight is 624 g/mol.